The molecular formula is C16H21NO2. The molecule has 2 rings (SSSR count). The summed E-state index contributed by atoms with van der Waals surface area (Å²) >= 11 is 0. The first-order chi connectivity index (χ1) is 9.20. The van der Waals surface area contributed by atoms with E-state index < -0.39 is 0 Å². The van der Waals surface area contributed by atoms with Crippen LogP contribution in [0.3, 0.4) is 0 Å². The quantitative estimate of drug-likeness (QED) is 0.779. The molecule has 0 amide bonds. The Morgan fingerprint density at radius 3 is 2.74 bits per heavy atom. The van der Waals surface area contributed by atoms with Gasteiger partial charge < -0.3 is 9.64 Å². The summed E-state index contributed by atoms with van der Waals surface area (Å²) in [5.41, 5.74) is 2.13. The normalized spacial score (nSPS) is 18.9. The van der Waals surface area contributed by atoms with Crippen molar-refractivity contribution in [3.63, 3.8) is 0 Å². The summed E-state index contributed by atoms with van der Waals surface area (Å²) in [4.78, 5) is 13.8. The second-order valence-corrected chi connectivity index (χ2v) is 4.92. The van der Waals surface area contributed by atoms with Crippen molar-refractivity contribution in [2.24, 2.45) is 0 Å². The van der Waals surface area contributed by atoms with Crippen LogP contribution in [0.4, 0.5) is 0 Å². The molecule has 0 saturated carbocycles. The number of carbonyl (C=O) groups is 1. The van der Waals surface area contributed by atoms with Crippen LogP contribution in [-0.2, 0) is 16.0 Å². The number of esters is 1. The molecule has 0 radical (unpaired) electrons. The van der Waals surface area contributed by atoms with Crippen molar-refractivity contribution in [2.45, 2.75) is 32.2 Å². The van der Waals surface area contributed by atoms with E-state index in [1.807, 2.05) is 26.2 Å². The third kappa shape index (κ3) is 3.60. The Morgan fingerprint density at radius 1 is 1.37 bits per heavy atom. The third-order valence-electron chi connectivity index (χ3n) is 3.53. The van der Waals surface area contributed by atoms with Gasteiger partial charge in [0.2, 0.25) is 0 Å². The smallest absolute Gasteiger partial charge is 0.335 e. The standard InChI is InChI=1S/C16H21NO2/c1-3-19-16(18)14-9-10-15(17(2)12-14)11-13-7-5-4-6-8-13/h4-8,12,15H,3,9-11H2,1-2H3. The minimum Gasteiger partial charge on any atom is -0.463 e. The number of hydrogen-bond donors (Lipinski definition) is 0. The Morgan fingerprint density at radius 2 is 2.11 bits per heavy atom. The second-order valence-electron chi connectivity index (χ2n) is 4.92. The molecule has 1 aliphatic rings. The fourth-order valence-electron chi connectivity index (χ4n) is 2.45. The van der Waals surface area contributed by atoms with E-state index in [4.69, 9.17) is 4.74 Å². The average molecular weight is 259 g/mol. The van der Waals surface area contributed by atoms with Crippen LogP contribution in [0.25, 0.3) is 0 Å². The molecule has 0 spiro atoms. The number of carbonyl (C=O) groups excluding carboxylic acids is 1. The van der Waals surface area contributed by atoms with Crippen molar-refractivity contribution < 1.29 is 9.53 Å². The van der Waals surface area contributed by atoms with E-state index in [9.17, 15) is 4.79 Å². The topological polar surface area (TPSA) is 29.5 Å². The highest BCUT2D eigenvalue weighted by Gasteiger charge is 2.23. The number of ether oxygens (including phenoxy) is 1. The van der Waals surface area contributed by atoms with Gasteiger partial charge in [-0.05, 0) is 31.7 Å². The summed E-state index contributed by atoms with van der Waals surface area (Å²) < 4.78 is 5.05. The Labute approximate surface area is 114 Å². The Balaban J connectivity index is 1.98. The van der Waals surface area contributed by atoms with E-state index in [-0.39, 0.29) is 5.97 Å². The van der Waals surface area contributed by atoms with Crippen LogP contribution in [-0.4, -0.2) is 30.6 Å². The molecule has 0 bridgehead atoms. The van der Waals surface area contributed by atoms with E-state index in [2.05, 4.69) is 29.2 Å². The zero-order chi connectivity index (χ0) is 13.7. The van der Waals surface area contributed by atoms with Crippen LogP contribution < -0.4 is 0 Å². The lowest BCUT2D eigenvalue weighted by molar-refractivity contribution is -0.138. The zero-order valence-electron chi connectivity index (χ0n) is 11.6. The monoisotopic (exact) mass is 259 g/mol. The highest BCUT2D eigenvalue weighted by Crippen LogP contribution is 2.23. The number of hydrogen-bond acceptors (Lipinski definition) is 3. The van der Waals surface area contributed by atoms with Crippen molar-refractivity contribution in [2.75, 3.05) is 13.7 Å². The Hall–Kier alpha value is -1.77. The zero-order valence-corrected chi connectivity index (χ0v) is 11.6. The van der Waals surface area contributed by atoms with Gasteiger partial charge in [0.1, 0.15) is 0 Å². The summed E-state index contributed by atoms with van der Waals surface area (Å²) in [6.07, 6.45) is 4.76. The predicted octanol–water partition coefficient (Wildman–Crippen LogP) is 2.77. The Kier molecular flexibility index (Phi) is 4.61. The molecule has 1 aliphatic heterocycles. The van der Waals surface area contributed by atoms with E-state index in [0.717, 1.165) is 24.8 Å². The number of likely N-dealkylation sites (N-methyl/N-ethyl adjacent to an activating group) is 1. The first-order valence-corrected chi connectivity index (χ1v) is 6.84. The molecule has 1 aromatic carbocycles. The molecule has 0 N–H and O–H groups in total. The van der Waals surface area contributed by atoms with E-state index in [0.29, 0.717) is 12.6 Å². The van der Waals surface area contributed by atoms with Gasteiger partial charge in [-0.3, -0.25) is 0 Å². The number of benzene rings is 1. The summed E-state index contributed by atoms with van der Waals surface area (Å²) in [5, 5.41) is 0. The van der Waals surface area contributed by atoms with Gasteiger partial charge in [0.05, 0.1) is 12.2 Å². The van der Waals surface area contributed by atoms with E-state index >= 15 is 0 Å². The third-order valence-corrected chi connectivity index (χ3v) is 3.53. The molecule has 3 heteroatoms. The van der Waals surface area contributed by atoms with Gasteiger partial charge in [-0.1, -0.05) is 30.3 Å². The van der Waals surface area contributed by atoms with Crippen molar-refractivity contribution in [3.8, 4) is 0 Å². The van der Waals surface area contributed by atoms with Crippen molar-refractivity contribution >= 4 is 5.97 Å². The lowest BCUT2D eigenvalue weighted by Crippen LogP contribution is -2.34. The maximum atomic E-state index is 11.7. The van der Waals surface area contributed by atoms with Crippen molar-refractivity contribution in [3.05, 3.63) is 47.7 Å². The molecule has 102 valence electrons. The summed E-state index contributed by atoms with van der Waals surface area (Å²) in [6.45, 7) is 2.27. The molecule has 0 aliphatic carbocycles. The highest BCUT2D eigenvalue weighted by atomic mass is 16.5. The van der Waals surface area contributed by atoms with Gasteiger partial charge in [-0.25, -0.2) is 4.79 Å². The Bertz CT molecular complexity index is 453. The number of nitrogens with zero attached hydrogens (tertiary/aromatic N) is 1. The molecule has 3 nitrogen and oxygen atoms in total. The van der Waals surface area contributed by atoms with Crippen molar-refractivity contribution in [1.29, 1.82) is 0 Å². The fraction of sp³-hybridized carbons (Fsp3) is 0.438. The van der Waals surface area contributed by atoms with E-state index in [1.165, 1.54) is 5.56 Å². The molecule has 1 atom stereocenters. The minimum absolute atomic E-state index is 0.174. The van der Waals surface area contributed by atoms with Crippen molar-refractivity contribution in [1.82, 2.24) is 4.90 Å². The molecule has 19 heavy (non-hydrogen) atoms. The van der Waals surface area contributed by atoms with Crippen LogP contribution in [0.5, 0.6) is 0 Å². The van der Waals surface area contributed by atoms with Gasteiger partial charge in [0, 0.05) is 19.3 Å². The molecular weight excluding hydrogens is 238 g/mol. The van der Waals surface area contributed by atoms with Crippen LogP contribution in [0.15, 0.2) is 42.1 Å². The summed E-state index contributed by atoms with van der Waals surface area (Å²) in [5.74, 6) is -0.174. The van der Waals surface area contributed by atoms with Crippen LogP contribution in [0.1, 0.15) is 25.3 Å². The highest BCUT2D eigenvalue weighted by molar-refractivity contribution is 5.88. The van der Waals surface area contributed by atoms with Crippen LogP contribution in [0.2, 0.25) is 0 Å². The van der Waals surface area contributed by atoms with E-state index in [1.54, 1.807) is 0 Å². The van der Waals surface area contributed by atoms with Gasteiger partial charge in [0.25, 0.3) is 0 Å². The van der Waals surface area contributed by atoms with Crippen LogP contribution >= 0.6 is 0 Å². The summed E-state index contributed by atoms with van der Waals surface area (Å²) in [7, 11) is 2.03. The van der Waals surface area contributed by atoms with Crippen LogP contribution in [0, 0.1) is 0 Å². The van der Waals surface area contributed by atoms with Gasteiger partial charge >= 0.3 is 5.97 Å². The molecule has 1 heterocycles. The molecule has 0 saturated heterocycles. The lowest BCUT2D eigenvalue weighted by atomic mass is 9.95. The molecule has 1 aromatic rings. The minimum atomic E-state index is -0.174. The van der Waals surface area contributed by atoms with Gasteiger partial charge in [-0.15, -0.1) is 0 Å². The maximum Gasteiger partial charge on any atom is 0.335 e. The second kappa shape index (κ2) is 6.41. The summed E-state index contributed by atoms with van der Waals surface area (Å²) in [6, 6.07) is 10.9. The maximum absolute atomic E-state index is 11.7. The first kappa shape index (κ1) is 13.7. The number of rotatable bonds is 4. The SMILES string of the molecule is CCOC(=O)C1=CN(C)C(Cc2ccccc2)CC1. The predicted molar refractivity (Wildman–Crippen MR) is 75.6 cm³/mol. The molecule has 0 aromatic heterocycles. The molecule has 1 unspecified atom stereocenters. The lowest BCUT2D eigenvalue weighted by Gasteiger charge is -2.32. The van der Waals surface area contributed by atoms with Gasteiger partial charge in [0.15, 0.2) is 0 Å². The molecule has 0 fully saturated rings. The first-order valence-electron chi connectivity index (χ1n) is 6.84. The fourth-order valence-corrected chi connectivity index (χ4v) is 2.45. The largest absolute Gasteiger partial charge is 0.463 e. The van der Waals surface area contributed by atoms with Gasteiger partial charge in [-0.2, -0.15) is 0 Å². The average Bonchev–Trinajstić information content (AvgIpc) is 2.42.